The van der Waals surface area contributed by atoms with Crippen LogP contribution in [-0.2, 0) is 0 Å². The maximum Gasteiger partial charge on any atom is 0.159 e. The van der Waals surface area contributed by atoms with Gasteiger partial charge in [0.25, 0.3) is 0 Å². The van der Waals surface area contributed by atoms with Crippen LogP contribution in [0, 0.1) is 5.92 Å². The van der Waals surface area contributed by atoms with Gasteiger partial charge < -0.3 is 0 Å². The molecule has 0 bridgehead atoms. The van der Waals surface area contributed by atoms with Gasteiger partial charge in [0, 0.05) is 11.5 Å². The lowest BCUT2D eigenvalue weighted by molar-refractivity contribution is 0.101. The number of allylic oxidation sites excluding steroid dienone is 4. The molecular formula is C16H18O. The summed E-state index contributed by atoms with van der Waals surface area (Å²) in [5.41, 5.74) is 2.08. The van der Waals surface area contributed by atoms with Crippen molar-refractivity contribution in [1.29, 1.82) is 0 Å². The molecular weight excluding hydrogens is 208 g/mol. The highest BCUT2D eigenvalue weighted by Crippen LogP contribution is 2.32. The van der Waals surface area contributed by atoms with Crippen molar-refractivity contribution in [3.05, 3.63) is 59.7 Å². The van der Waals surface area contributed by atoms with Crippen molar-refractivity contribution in [1.82, 2.24) is 0 Å². The first-order chi connectivity index (χ1) is 8.22. The molecule has 0 saturated heterocycles. The number of Topliss-reactive ketones (excluding diaryl/α,β-unsaturated/α-hetero) is 1. The van der Waals surface area contributed by atoms with Gasteiger partial charge in [-0.2, -0.15) is 0 Å². The number of carbonyl (C=O) groups excluding carboxylic acids is 1. The van der Waals surface area contributed by atoms with Gasteiger partial charge in [0.1, 0.15) is 0 Å². The van der Waals surface area contributed by atoms with Gasteiger partial charge in [-0.15, -0.1) is 0 Å². The fraction of sp³-hybridized carbons (Fsp3) is 0.312. The van der Waals surface area contributed by atoms with Crippen LogP contribution in [0.3, 0.4) is 0 Å². The number of benzene rings is 1. The molecule has 88 valence electrons. The molecule has 0 saturated carbocycles. The predicted octanol–water partition coefficient (Wildman–Crippen LogP) is 4.13. The molecule has 1 aliphatic carbocycles. The molecule has 0 radical (unpaired) electrons. The van der Waals surface area contributed by atoms with Crippen molar-refractivity contribution >= 4 is 5.78 Å². The third-order valence-electron chi connectivity index (χ3n) is 3.42. The van der Waals surface area contributed by atoms with Gasteiger partial charge in [0.15, 0.2) is 5.78 Å². The van der Waals surface area contributed by atoms with E-state index in [0.29, 0.717) is 11.8 Å². The van der Waals surface area contributed by atoms with Gasteiger partial charge in [-0.1, -0.05) is 55.5 Å². The van der Waals surface area contributed by atoms with Crippen LogP contribution in [0.4, 0.5) is 0 Å². The molecule has 0 heterocycles. The van der Waals surface area contributed by atoms with Crippen molar-refractivity contribution in [3.8, 4) is 0 Å². The van der Waals surface area contributed by atoms with Crippen LogP contribution in [0.15, 0.2) is 48.6 Å². The lowest BCUT2D eigenvalue weighted by Gasteiger charge is -2.23. The molecule has 0 aromatic heterocycles. The van der Waals surface area contributed by atoms with Crippen LogP contribution >= 0.6 is 0 Å². The van der Waals surface area contributed by atoms with Crippen molar-refractivity contribution in [2.75, 3.05) is 0 Å². The van der Waals surface area contributed by atoms with E-state index in [-0.39, 0.29) is 5.78 Å². The minimum atomic E-state index is 0.127. The summed E-state index contributed by atoms with van der Waals surface area (Å²) in [5.74, 6) is 1.15. The van der Waals surface area contributed by atoms with E-state index in [1.165, 1.54) is 5.56 Å². The van der Waals surface area contributed by atoms with E-state index in [2.05, 4.69) is 43.4 Å². The molecule has 0 fully saturated rings. The molecule has 1 aromatic rings. The number of hydrogen-bond donors (Lipinski definition) is 0. The van der Waals surface area contributed by atoms with E-state index in [0.717, 1.165) is 12.0 Å². The van der Waals surface area contributed by atoms with Gasteiger partial charge in [0.05, 0.1) is 0 Å². The second-order valence-electron chi connectivity index (χ2n) is 4.55. The number of hydrogen-bond acceptors (Lipinski definition) is 1. The Bertz CT molecular complexity index is 451. The Labute approximate surface area is 103 Å². The second kappa shape index (κ2) is 5.13. The number of ketones is 1. The second-order valence-corrected chi connectivity index (χ2v) is 4.55. The number of rotatable bonds is 3. The summed E-state index contributed by atoms with van der Waals surface area (Å²) in [6.07, 6.45) is 9.88. The highest BCUT2D eigenvalue weighted by Gasteiger charge is 2.18. The normalized spacial score (nSPS) is 22.7. The summed E-state index contributed by atoms with van der Waals surface area (Å²) in [7, 11) is 0. The van der Waals surface area contributed by atoms with E-state index in [9.17, 15) is 4.79 Å². The minimum Gasteiger partial charge on any atom is -0.295 e. The molecule has 17 heavy (non-hydrogen) atoms. The lowest BCUT2D eigenvalue weighted by atomic mass is 9.81. The van der Waals surface area contributed by atoms with E-state index in [1.54, 1.807) is 6.92 Å². The molecule has 1 aromatic carbocycles. The van der Waals surface area contributed by atoms with Crippen molar-refractivity contribution in [2.45, 2.75) is 26.2 Å². The van der Waals surface area contributed by atoms with Gasteiger partial charge >= 0.3 is 0 Å². The maximum absolute atomic E-state index is 11.2. The van der Waals surface area contributed by atoms with Crippen LogP contribution in [0.25, 0.3) is 0 Å². The smallest absolute Gasteiger partial charge is 0.159 e. The first kappa shape index (κ1) is 11.8. The minimum absolute atomic E-state index is 0.127. The Kier molecular flexibility index (Phi) is 3.58. The summed E-state index contributed by atoms with van der Waals surface area (Å²) in [4.78, 5) is 11.2. The topological polar surface area (TPSA) is 17.1 Å². The lowest BCUT2D eigenvalue weighted by Crippen LogP contribution is -2.10. The molecule has 0 spiro atoms. The fourth-order valence-corrected chi connectivity index (χ4v) is 2.34. The molecule has 1 unspecified atom stereocenters. The van der Waals surface area contributed by atoms with Gasteiger partial charge in [0.2, 0.25) is 0 Å². The van der Waals surface area contributed by atoms with Crippen molar-refractivity contribution < 1.29 is 4.79 Å². The average Bonchev–Trinajstić information content (AvgIpc) is 2.39. The third-order valence-corrected chi connectivity index (χ3v) is 3.42. The fourth-order valence-electron chi connectivity index (χ4n) is 2.34. The van der Waals surface area contributed by atoms with E-state index < -0.39 is 0 Å². The Morgan fingerprint density at radius 1 is 1.12 bits per heavy atom. The molecule has 0 N–H and O–H groups in total. The van der Waals surface area contributed by atoms with Crippen molar-refractivity contribution in [3.63, 3.8) is 0 Å². The van der Waals surface area contributed by atoms with Crippen LogP contribution in [0.5, 0.6) is 0 Å². The van der Waals surface area contributed by atoms with E-state index in [4.69, 9.17) is 0 Å². The Hall–Kier alpha value is -1.63. The molecule has 0 aliphatic heterocycles. The monoisotopic (exact) mass is 226 g/mol. The summed E-state index contributed by atoms with van der Waals surface area (Å²) < 4.78 is 0. The average molecular weight is 226 g/mol. The Morgan fingerprint density at radius 2 is 1.76 bits per heavy atom. The number of carbonyl (C=O) groups is 1. The molecule has 2 rings (SSSR count). The summed E-state index contributed by atoms with van der Waals surface area (Å²) in [5, 5.41) is 0. The molecule has 1 heteroatoms. The first-order valence-corrected chi connectivity index (χ1v) is 6.18. The zero-order valence-corrected chi connectivity index (χ0v) is 10.4. The van der Waals surface area contributed by atoms with Crippen LogP contribution < -0.4 is 0 Å². The molecule has 2 atom stereocenters. The Balaban J connectivity index is 2.25. The first-order valence-electron chi connectivity index (χ1n) is 6.18. The van der Waals surface area contributed by atoms with Crippen LogP contribution in [0.1, 0.15) is 42.1 Å². The standard InChI is InChI=1S/C16H18O/c1-3-13-6-4-5-7-16(13)15-10-8-14(9-11-15)12(2)17/h4-11,13,16H,3H2,1-2H3/t13-,16?/m0/s1. The van der Waals surface area contributed by atoms with E-state index in [1.807, 2.05) is 12.1 Å². The largest absolute Gasteiger partial charge is 0.295 e. The summed E-state index contributed by atoms with van der Waals surface area (Å²) in [6.45, 7) is 3.82. The molecule has 0 amide bonds. The van der Waals surface area contributed by atoms with Crippen molar-refractivity contribution in [2.24, 2.45) is 5.92 Å². The molecule has 1 nitrogen and oxygen atoms in total. The quantitative estimate of drug-likeness (QED) is 0.708. The third kappa shape index (κ3) is 2.55. The maximum atomic E-state index is 11.2. The summed E-state index contributed by atoms with van der Waals surface area (Å²) in [6, 6.07) is 8.01. The van der Waals surface area contributed by atoms with Gasteiger partial charge in [-0.05, 0) is 24.8 Å². The van der Waals surface area contributed by atoms with Crippen LogP contribution in [0.2, 0.25) is 0 Å². The predicted molar refractivity (Wildman–Crippen MR) is 71.2 cm³/mol. The summed E-state index contributed by atoms with van der Waals surface area (Å²) >= 11 is 0. The zero-order chi connectivity index (χ0) is 12.3. The van der Waals surface area contributed by atoms with E-state index >= 15 is 0 Å². The van der Waals surface area contributed by atoms with Gasteiger partial charge in [-0.3, -0.25) is 4.79 Å². The van der Waals surface area contributed by atoms with Crippen LogP contribution in [-0.4, -0.2) is 5.78 Å². The molecule has 1 aliphatic rings. The zero-order valence-electron chi connectivity index (χ0n) is 10.4. The SMILES string of the molecule is CC[C@H]1C=CC=CC1c1ccc(C(C)=O)cc1. The Morgan fingerprint density at radius 3 is 2.35 bits per heavy atom. The van der Waals surface area contributed by atoms with Gasteiger partial charge in [-0.25, -0.2) is 0 Å². The highest BCUT2D eigenvalue weighted by molar-refractivity contribution is 5.94. The highest BCUT2D eigenvalue weighted by atomic mass is 16.1.